The molecular weight excluding hydrogens is 446 g/mol. The number of aryl methyl sites for hydroxylation is 1. The van der Waals surface area contributed by atoms with E-state index in [0.717, 1.165) is 29.3 Å². The standard InChI is InChI=1S/C28H26ClN3O2/c29-24-14-12-21(13-15-24)17-26(28(34)30-16-6-9-20-7-2-1-3-8-20)32-27(33)23-18-22-10-4-5-11-25(22)31-19-23/h1-5,7-8,10-15,18-19,26H,6,9,16-17H2,(H,30,34)(H,32,33)/t26-/m0/s1. The molecule has 0 spiro atoms. The molecule has 4 aromatic rings. The molecule has 1 heterocycles. The van der Waals surface area contributed by atoms with Gasteiger partial charge in [0.2, 0.25) is 5.91 Å². The maximum Gasteiger partial charge on any atom is 0.253 e. The first-order chi connectivity index (χ1) is 16.6. The highest BCUT2D eigenvalue weighted by molar-refractivity contribution is 6.30. The molecule has 4 rings (SSSR count). The van der Waals surface area contributed by atoms with Gasteiger partial charge in [0.15, 0.2) is 0 Å². The molecule has 2 N–H and O–H groups in total. The number of rotatable bonds is 9. The van der Waals surface area contributed by atoms with Crippen LogP contribution in [-0.2, 0) is 17.6 Å². The van der Waals surface area contributed by atoms with E-state index in [1.807, 2.05) is 54.6 Å². The SMILES string of the molecule is O=C(N[C@@H](Cc1ccc(Cl)cc1)C(=O)NCCCc1ccccc1)c1cnc2ccccc2c1. The van der Waals surface area contributed by atoms with Crippen LogP contribution in [0.25, 0.3) is 10.9 Å². The van der Waals surface area contributed by atoms with Crippen molar-refractivity contribution in [3.8, 4) is 0 Å². The number of para-hydroxylation sites is 1. The number of pyridine rings is 1. The number of hydrogen-bond donors (Lipinski definition) is 2. The van der Waals surface area contributed by atoms with E-state index in [9.17, 15) is 9.59 Å². The van der Waals surface area contributed by atoms with Crippen LogP contribution in [0.2, 0.25) is 5.02 Å². The predicted octanol–water partition coefficient (Wildman–Crippen LogP) is 4.98. The molecule has 0 aliphatic rings. The number of nitrogens with zero attached hydrogens (tertiary/aromatic N) is 1. The summed E-state index contributed by atoms with van der Waals surface area (Å²) in [6.45, 7) is 0.526. The Morgan fingerprint density at radius 3 is 2.41 bits per heavy atom. The van der Waals surface area contributed by atoms with Gasteiger partial charge in [0.25, 0.3) is 5.91 Å². The van der Waals surface area contributed by atoms with Gasteiger partial charge in [-0.25, -0.2) is 0 Å². The van der Waals surface area contributed by atoms with Crippen LogP contribution in [0.3, 0.4) is 0 Å². The van der Waals surface area contributed by atoms with Crippen molar-refractivity contribution in [2.75, 3.05) is 6.54 Å². The summed E-state index contributed by atoms with van der Waals surface area (Å²) in [4.78, 5) is 30.4. The Balaban J connectivity index is 1.43. The quantitative estimate of drug-likeness (QED) is 0.338. The molecule has 0 saturated heterocycles. The van der Waals surface area contributed by atoms with Crippen molar-refractivity contribution >= 4 is 34.3 Å². The van der Waals surface area contributed by atoms with Crippen LogP contribution in [0.4, 0.5) is 0 Å². The van der Waals surface area contributed by atoms with Gasteiger partial charge < -0.3 is 10.6 Å². The lowest BCUT2D eigenvalue weighted by Gasteiger charge is -2.19. The molecule has 0 fully saturated rings. The van der Waals surface area contributed by atoms with Crippen molar-refractivity contribution in [3.63, 3.8) is 0 Å². The Morgan fingerprint density at radius 2 is 1.62 bits per heavy atom. The number of halogens is 1. The van der Waals surface area contributed by atoms with Gasteiger partial charge in [0, 0.05) is 29.6 Å². The minimum absolute atomic E-state index is 0.217. The molecule has 1 atom stereocenters. The third-order valence-electron chi connectivity index (χ3n) is 5.61. The van der Waals surface area contributed by atoms with Gasteiger partial charge >= 0.3 is 0 Å². The molecule has 2 amide bonds. The number of fused-ring (bicyclic) bond motifs is 1. The van der Waals surface area contributed by atoms with E-state index in [2.05, 4.69) is 27.8 Å². The highest BCUT2D eigenvalue weighted by atomic mass is 35.5. The van der Waals surface area contributed by atoms with Gasteiger partial charge in [-0.3, -0.25) is 14.6 Å². The van der Waals surface area contributed by atoms with Crippen LogP contribution in [0.1, 0.15) is 27.9 Å². The normalized spacial score (nSPS) is 11.7. The first-order valence-corrected chi connectivity index (χ1v) is 11.7. The summed E-state index contributed by atoms with van der Waals surface area (Å²) in [5, 5.41) is 7.36. The number of aromatic nitrogens is 1. The van der Waals surface area contributed by atoms with Gasteiger partial charge in [-0.05, 0) is 48.2 Å². The maximum atomic E-state index is 13.0. The molecule has 0 radical (unpaired) electrons. The molecule has 0 saturated carbocycles. The Morgan fingerprint density at radius 1 is 0.882 bits per heavy atom. The number of nitrogens with one attached hydrogen (secondary N) is 2. The van der Waals surface area contributed by atoms with Crippen LogP contribution in [0, 0.1) is 0 Å². The first kappa shape index (κ1) is 23.5. The summed E-state index contributed by atoms with van der Waals surface area (Å²) in [5.74, 6) is -0.554. The molecule has 6 heteroatoms. The fraction of sp³-hybridized carbons (Fsp3) is 0.179. The van der Waals surface area contributed by atoms with E-state index < -0.39 is 6.04 Å². The van der Waals surface area contributed by atoms with Gasteiger partial charge in [-0.1, -0.05) is 72.3 Å². The summed E-state index contributed by atoms with van der Waals surface area (Å²) in [6, 6.07) is 26.1. The van der Waals surface area contributed by atoms with E-state index in [1.54, 1.807) is 18.2 Å². The van der Waals surface area contributed by atoms with E-state index in [0.29, 0.717) is 23.6 Å². The lowest BCUT2D eigenvalue weighted by molar-refractivity contribution is -0.122. The van der Waals surface area contributed by atoms with Gasteiger partial charge in [-0.15, -0.1) is 0 Å². The molecule has 0 bridgehead atoms. The second-order valence-corrected chi connectivity index (χ2v) is 8.59. The highest BCUT2D eigenvalue weighted by Gasteiger charge is 2.22. The Kier molecular flexibility index (Phi) is 7.89. The van der Waals surface area contributed by atoms with Crippen LogP contribution >= 0.6 is 11.6 Å². The zero-order valence-corrected chi connectivity index (χ0v) is 19.5. The van der Waals surface area contributed by atoms with Gasteiger partial charge in [-0.2, -0.15) is 0 Å². The van der Waals surface area contributed by atoms with Crippen molar-refractivity contribution in [2.45, 2.75) is 25.3 Å². The number of amides is 2. The van der Waals surface area contributed by atoms with Gasteiger partial charge in [0.1, 0.15) is 6.04 Å². The molecule has 1 aromatic heterocycles. The highest BCUT2D eigenvalue weighted by Crippen LogP contribution is 2.14. The van der Waals surface area contributed by atoms with E-state index in [4.69, 9.17) is 11.6 Å². The van der Waals surface area contributed by atoms with Crippen molar-refractivity contribution in [1.82, 2.24) is 15.6 Å². The van der Waals surface area contributed by atoms with Crippen molar-refractivity contribution in [3.05, 3.63) is 113 Å². The maximum absolute atomic E-state index is 13.0. The van der Waals surface area contributed by atoms with E-state index in [-0.39, 0.29) is 11.8 Å². The average Bonchev–Trinajstić information content (AvgIpc) is 2.87. The third-order valence-corrected chi connectivity index (χ3v) is 5.86. The Hall–Kier alpha value is -3.70. The van der Waals surface area contributed by atoms with E-state index in [1.165, 1.54) is 11.8 Å². The second-order valence-electron chi connectivity index (χ2n) is 8.15. The second kappa shape index (κ2) is 11.4. The summed E-state index contributed by atoms with van der Waals surface area (Å²) in [6.07, 6.45) is 3.58. The molecule has 34 heavy (non-hydrogen) atoms. The molecular formula is C28H26ClN3O2. The monoisotopic (exact) mass is 471 g/mol. The summed E-state index contributed by atoms with van der Waals surface area (Å²) >= 11 is 6.00. The molecule has 0 aliphatic carbocycles. The lowest BCUT2D eigenvalue weighted by Crippen LogP contribution is -2.48. The Labute approximate surface area is 204 Å². The lowest BCUT2D eigenvalue weighted by atomic mass is 10.0. The van der Waals surface area contributed by atoms with Crippen molar-refractivity contribution in [1.29, 1.82) is 0 Å². The third kappa shape index (κ3) is 6.42. The molecule has 3 aromatic carbocycles. The molecule has 0 aliphatic heterocycles. The van der Waals surface area contributed by atoms with Crippen LogP contribution in [0.15, 0.2) is 91.1 Å². The predicted molar refractivity (Wildman–Crippen MR) is 136 cm³/mol. The number of carbonyl (C=O) groups excluding carboxylic acids is 2. The molecule has 0 unspecified atom stereocenters. The number of benzene rings is 3. The first-order valence-electron chi connectivity index (χ1n) is 11.3. The van der Waals surface area contributed by atoms with Crippen molar-refractivity contribution in [2.24, 2.45) is 0 Å². The summed E-state index contributed by atoms with van der Waals surface area (Å²) in [5.41, 5.74) is 3.36. The topological polar surface area (TPSA) is 71.1 Å². The summed E-state index contributed by atoms with van der Waals surface area (Å²) < 4.78 is 0. The fourth-order valence-corrected chi connectivity index (χ4v) is 3.90. The zero-order chi connectivity index (χ0) is 23.8. The zero-order valence-electron chi connectivity index (χ0n) is 18.7. The van der Waals surface area contributed by atoms with Crippen molar-refractivity contribution < 1.29 is 9.59 Å². The average molecular weight is 472 g/mol. The number of hydrogen-bond acceptors (Lipinski definition) is 3. The minimum Gasteiger partial charge on any atom is -0.354 e. The molecule has 5 nitrogen and oxygen atoms in total. The fourth-order valence-electron chi connectivity index (χ4n) is 3.77. The van der Waals surface area contributed by atoms with Crippen LogP contribution in [-0.4, -0.2) is 29.4 Å². The van der Waals surface area contributed by atoms with Crippen LogP contribution in [0.5, 0.6) is 0 Å². The van der Waals surface area contributed by atoms with Gasteiger partial charge in [0.05, 0.1) is 11.1 Å². The Bertz CT molecular complexity index is 1260. The molecule has 172 valence electrons. The largest absolute Gasteiger partial charge is 0.354 e. The summed E-state index contributed by atoms with van der Waals surface area (Å²) in [7, 11) is 0. The minimum atomic E-state index is -0.725. The van der Waals surface area contributed by atoms with Crippen LogP contribution < -0.4 is 10.6 Å². The number of carbonyl (C=O) groups is 2. The smallest absolute Gasteiger partial charge is 0.253 e. The van der Waals surface area contributed by atoms with E-state index >= 15 is 0 Å².